The lowest BCUT2D eigenvalue weighted by Crippen LogP contribution is -2.12. The van der Waals surface area contributed by atoms with E-state index in [0.717, 1.165) is 12.2 Å². The van der Waals surface area contributed by atoms with Gasteiger partial charge in [0.2, 0.25) is 0 Å². The number of hydrogen-bond acceptors (Lipinski definition) is 2. The highest BCUT2D eigenvalue weighted by atomic mass is 16.5. The summed E-state index contributed by atoms with van der Waals surface area (Å²) in [5.74, 6) is 0.948. The Hall–Kier alpha value is -1.02. The molecule has 0 saturated heterocycles. The van der Waals surface area contributed by atoms with Crippen molar-refractivity contribution in [1.29, 1.82) is 0 Å². The number of hydrogen-bond donors (Lipinski definition) is 1. The average molecular weight is 221 g/mol. The third-order valence-electron chi connectivity index (χ3n) is 3.27. The minimum absolute atomic E-state index is 0.157. The van der Waals surface area contributed by atoms with Crippen molar-refractivity contribution in [1.82, 2.24) is 0 Å². The normalized spacial score (nSPS) is 12.6. The molecule has 0 aromatic heterocycles. The summed E-state index contributed by atoms with van der Waals surface area (Å²) >= 11 is 0. The molecule has 0 amide bonds. The smallest absolute Gasteiger partial charge is 0.122 e. The minimum atomic E-state index is 0.157. The van der Waals surface area contributed by atoms with Crippen LogP contribution in [0.3, 0.4) is 0 Å². The molecule has 1 aromatic rings. The first-order valence-electron chi connectivity index (χ1n) is 6.01. The third kappa shape index (κ3) is 2.76. The van der Waals surface area contributed by atoms with Gasteiger partial charge in [0.25, 0.3) is 0 Å². The van der Waals surface area contributed by atoms with Gasteiger partial charge in [-0.25, -0.2) is 0 Å². The number of benzene rings is 1. The Morgan fingerprint density at radius 3 is 2.50 bits per heavy atom. The van der Waals surface area contributed by atoms with Gasteiger partial charge in [-0.2, -0.15) is 0 Å². The third-order valence-corrected chi connectivity index (χ3v) is 3.27. The average Bonchev–Trinajstić information content (AvgIpc) is 2.29. The molecule has 16 heavy (non-hydrogen) atoms. The standard InChI is InChI=1S/C14H23NO/c1-5-6-7-13(15)12-8-9-14(16-4)11(3)10(12)2/h8-9,13H,5-7,15H2,1-4H3/t13-/m1/s1. The zero-order valence-electron chi connectivity index (χ0n) is 10.8. The molecule has 2 N–H and O–H groups in total. The molecule has 0 aliphatic rings. The zero-order valence-corrected chi connectivity index (χ0v) is 10.8. The van der Waals surface area contributed by atoms with Gasteiger partial charge >= 0.3 is 0 Å². The Labute approximate surface area is 98.8 Å². The van der Waals surface area contributed by atoms with Crippen LogP contribution in [0.1, 0.15) is 48.9 Å². The van der Waals surface area contributed by atoms with Gasteiger partial charge in [0, 0.05) is 6.04 Å². The van der Waals surface area contributed by atoms with Crippen molar-refractivity contribution < 1.29 is 4.74 Å². The number of rotatable bonds is 5. The largest absolute Gasteiger partial charge is 0.496 e. The van der Waals surface area contributed by atoms with Gasteiger partial charge < -0.3 is 10.5 Å². The molecule has 0 radical (unpaired) electrons. The van der Waals surface area contributed by atoms with Crippen molar-refractivity contribution in [3.8, 4) is 5.75 Å². The van der Waals surface area contributed by atoms with Gasteiger partial charge in [-0.1, -0.05) is 25.8 Å². The monoisotopic (exact) mass is 221 g/mol. The highest BCUT2D eigenvalue weighted by molar-refractivity contribution is 5.44. The Bertz CT molecular complexity index is 347. The summed E-state index contributed by atoms with van der Waals surface area (Å²) in [5, 5.41) is 0. The van der Waals surface area contributed by atoms with E-state index in [2.05, 4.69) is 26.8 Å². The van der Waals surface area contributed by atoms with Crippen LogP contribution < -0.4 is 10.5 Å². The molecule has 1 aromatic carbocycles. The predicted molar refractivity (Wildman–Crippen MR) is 68.9 cm³/mol. The van der Waals surface area contributed by atoms with Crippen molar-refractivity contribution in [2.24, 2.45) is 5.73 Å². The zero-order chi connectivity index (χ0) is 12.1. The quantitative estimate of drug-likeness (QED) is 0.826. The molecule has 2 nitrogen and oxygen atoms in total. The van der Waals surface area contributed by atoms with Crippen LogP contribution in [-0.2, 0) is 0 Å². The van der Waals surface area contributed by atoms with Gasteiger partial charge in [0.15, 0.2) is 0 Å². The van der Waals surface area contributed by atoms with E-state index in [-0.39, 0.29) is 6.04 Å². The molecule has 2 heteroatoms. The Balaban J connectivity index is 2.93. The van der Waals surface area contributed by atoms with E-state index < -0.39 is 0 Å². The number of unbranched alkanes of at least 4 members (excludes halogenated alkanes) is 1. The van der Waals surface area contributed by atoms with Crippen LogP contribution in [0.15, 0.2) is 12.1 Å². The second-order valence-electron chi connectivity index (χ2n) is 4.36. The summed E-state index contributed by atoms with van der Waals surface area (Å²) in [7, 11) is 1.71. The SMILES string of the molecule is CCCC[C@@H](N)c1ccc(OC)c(C)c1C. The lowest BCUT2D eigenvalue weighted by atomic mass is 9.94. The Morgan fingerprint density at radius 1 is 1.25 bits per heavy atom. The second kappa shape index (κ2) is 5.90. The highest BCUT2D eigenvalue weighted by Crippen LogP contribution is 2.28. The van der Waals surface area contributed by atoms with E-state index in [4.69, 9.17) is 10.5 Å². The molecule has 0 heterocycles. The second-order valence-corrected chi connectivity index (χ2v) is 4.36. The van der Waals surface area contributed by atoms with E-state index in [1.165, 1.54) is 29.5 Å². The first kappa shape index (κ1) is 13.0. The van der Waals surface area contributed by atoms with Crippen molar-refractivity contribution in [3.05, 3.63) is 28.8 Å². The highest BCUT2D eigenvalue weighted by Gasteiger charge is 2.12. The number of nitrogens with two attached hydrogens (primary N) is 1. The Kier molecular flexibility index (Phi) is 4.81. The van der Waals surface area contributed by atoms with Gasteiger partial charge in [0.1, 0.15) is 5.75 Å². The molecule has 1 atom stereocenters. The summed E-state index contributed by atoms with van der Waals surface area (Å²) in [6.07, 6.45) is 3.44. The first-order chi connectivity index (χ1) is 7.61. The molecule has 90 valence electrons. The topological polar surface area (TPSA) is 35.2 Å². The van der Waals surface area contributed by atoms with Crippen LogP contribution in [-0.4, -0.2) is 7.11 Å². The van der Waals surface area contributed by atoms with Crippen LogP contribution >= 0.6 is 0 Å². The fourth-order valence-electron chi connectivity index (χ4n) is 2.02. The Morgan fingerprint density at radius 2 is 1.94 bits per heavy atom. The van der Waals surface area contributed by atoms with Crippen LogP contribution in [0.5, 0.6) is 5.75 Å². The molecule has 0 bridgehead atoms. The number of ether oxygens (including phenoxy) is 1. The van der Waals surface area contributed by atoms with Crippen molar-refractivity contribution in [2.45, 2.75) is 46.1 Å². The molecule has 0 saturated carbocycles. The first-order valence-corrected chi connectivity index (χ1v) is 6.01. The van der Waals surface area contributed by atoms with E-state index in [9.17, 15) is 0 Å². The maximum atomic E-state index is 6.20. The van der Waals surface area contributed by atoms with Crippen LogP contribution in [0.4, 0.5) is 0 Å². The van der Waals surface area contributed by atoms with Crippen molar-refractivity contribution in [3.63, 3.8) is 0 Å². The molecule has 0 aliphatic carbocycles. The van der Waals surface area contributed by atoms with Crippen LogP contribution in [0.25, 0.3) is 0 Å². The fourth-order valence-corrected chi connectivity index (χ4v) is 2.02. The van der Waals surface area contributed by atoms with E-state index >= 15 is 0 Å². The molecular formula is C14H23NO. The van der Waals surface area contributed by atoms with Gasteiger partial charge in [-0.15, -0.1) is 0 Å². The van der Waals surface area contributed by atoms with Gasteiger partial charge in [-0.3, -0.25) is 0 Å². The fraction of sp³-hybridized carbons (Fsp3) is 0.571. The lowest BCUT2D eigenvalue weighted by Gasteiger charge is -2.17. The molecule has 0 spiro atoms. The molecule has 0 aliphatic heterocycles. The number of methoxy groups -OCH3 is 1. The van der Waals surface area contributed by atoms with Crippen LogP contribution in [0, 0.1) is 13.8 Å². The van der Waals surface area contributed by atoms with Crippen LogP contribution in [0.2, 0.25) is 0 Å². The van der Waals surface area contributed by atoms with E-state index in [1.807, 2.05) is 6.07 Å². The summed E-state index contributed by atoms with van der Waals surface area (Å²) in [4.78, 5) is 0. The van der Waals surface area contributed by atoms with E-state index in [1.54, 1.807) is 7.11 Å². The maximum Gasteiger partial charge on any atom is 0.122 e. The summed E-state index contributed by atoms with van der Waals surface area (Å²) in [6, 6.07) is 4.27. The summed E-state index contributed by atoms with van der Waals surface area (Å²) in [5.41, 5.74) is 9.93. The molecule has 0 fully saturated rings. The minimum Gasteiger partial charge on any atom is -0.496 e. The molecule has 1 rings (SSSR count). The predicted octanol–water partition coefficient (Wildman–Crippen LogP) is 3.50. The summed E-state index contributed by atoms with van der Waals surface area (Å²) in [6.45, 7) is 6.40. The van der Waals surface area contributed by atoms with Gasteiger partial charge in [0.05, 0.1) is 7.11 Å². The van der Waals surface area contributed by atoms with Gasteiger partial charge in [-0.05, 0) is 43.0 Å². The summed E-state index contributed by atoms with van der Waals surface area (Å²) < 4.78 is 5.30. The lowest BCUT2D eigenvalue weighted by molar-refractivity contribution is 0.411. The molecular weight excluding hydrogens is 198 g/mol. The van der Waals surface area contributed by atoms with Crippen molar-refractivity contribution >= 4 is 0 Å². The van der Waals surface area contributed by atoms with Crippen molar-refractivity contribution in [2.75, 3.05) is 7.11 Å². The molecule has 0 unspecified atom stereocenters. The maximum absolute atomic E-state index is 6.20. The van der Waals surface area contributed by atoms with E-state index in [0.29, 0.717) is 0 Å².